The fourth-order valence-electron chi connectivity index (χ4n) is 2.20. The van der Waals surface area contributed by atoms with Crippen molar-refractivity contribution in [2.24, 2.45) is 0 Å². The van der Waals surface area contributed by atoms with E-state index in [0.717, 1.165) is 17.7 Å². The van der Waals surface area contributed by atoms with Gasteiger partial charge in [0.15, 0.2) is 5.78 Å². The van der Waals surface area contributed by atoms with Gasteiger partial charge in [-0.2, -0.15) is 0 Å². The van der Waals surface area contributed by atoms with E-state index in [1.807, 2.05) is 20.8 Å². The van der Waals surface area contributed by atoms with E-state index in [0.29, 0.717) is 23.4 Å². The summed E-state index contributed by atoms with van der Waals surface area (Å²) in [6.45, 7) is 5.71. The first-order chi connectivity index (χ1) is 10.0. The third kappa shape index (κ3) is 3.66. The summed E-state index contributed by atoms with van der Waals surface area (Å²) in [5.41, 5.74) is 2.92. The van der Waals surface area contributed by atoms with E-state index in [9.17, 15) is 9.18 Å². The highest BCUT2D eigenvalue weighted by Crippen LogP contribution is 2.24. The molecule has 0 saturated carbocycles. The molecule has 0 amide bonds. The SMILES string of the molecule is CCCC(=O)C(=Cc1ncc(C)[nH]1)c1cc(F)ccc1C. The Morgan fingerprint density at radius 2 is 2.14 bits per heavy atom. The Kier molecular flexibility index (Phi) is 4.68. The summed E-state index contributed by atoms with van der Waals surface area (Å²) in [5.74, 6) is 0.261. The largest absolute Gasteiger partial charge is 0.343 e. The second-order valence-corrected chi connectivity index (χ2v) is 5.14. The van der Waals surface area contributed by atoms with Crippen LogP contribution in [0.3, 0.4) is 0 Å². The summed E-state index contributed by atoms with van der Waals surface area (Å²) in [6.07, 6.45) is 4.59. The molecule has 0 atom stereocenters. The predicted octanol–water partition coefficient (Wildman–Crippen LogP) is 4.08. The summed E-state index contributed by atoms with van der Waals surface area (Å²) < 4.78 is 13.5. The highest BCUT2D eigenvalue weighted by atomic mass is 19.1. The molecule has 0 aliphatic carbocycles. The standard InChI is InChI=1S/C17H19FN2O/c1-4-5-16(21)15(9-17-19-10-12(3)20-17)14-8-13(18)7-6-11(14)2/h6-10H,4-5H2,1-3H3,(H,19,20). The Hall–Kier alpha value is -2.23. The van der Waals surface area contributed by atoms with Gasteiger partial charge in [0, 0.05) is 23.9 Å². The minimum Gasteiger partial charge on any atom is -0.343 e. The molecule has 110 valence electrons. The van der Waals surface area contributed by atoms with E-state index in [2.05, 4.69) is 9.97 Å². The van der Waals surface area contributed by atoms with Crippen molar-refractivity contribution >= 4 is 17.4 Å². The maximum atomic E-state index is 13.5. The van der Waals surface area contributed by atoms with Crippen LogP contribution >= 0.6 is 0 Å². The van der Waals surface area contributed by atoms with Crippen molar-refractivity contribution in [3.05, 3.63) is 52.9 Å². The molecule has 3 nitrogen and oxygen atoms in total. The van der Waals surface area contributed by atoms with Gasteiger partial charge in [0.1, 0.15) is 11.6 Å². The van der Waals surface area contributed by atoms with E-state index in [1.54, 1.807) is 18.3 Å². The number of H-pyrrole nitrogens is 1. The topological polar surface area (TPSA) is 45.8 Å². The van der Waals surface area contributed by atoms with Gasteiger partial charge in [0.2, 0.25) is 0 Å². The molecule has 0 radical (unpaired) electrons. The summed E-state index contributed by atoms with van der Waals surface area (Å²) in [7, 11) is 0. The highest BCUT2D eigenvalue weighted by molar-refractivity contribution is 6.25. The summed E-state index contributed by atoms with van der Waals surface area (Å²) >= 11 is 0. The lowest BCUT2D eigenvalue weighted by Gasteiger charge is -2.10. The van der Waals surface area contributed by atoms with Gasteiger partial charge in [0.25, 0.3) is 0 Å². The van der Waals surface area contributed by atoms with Crippen LogP contribution in [0.25, 0.3) is 11.6 Å². The molecule has 0 fully saturated rings. The molecule has 2 aromatic rings. The van der Waals surface area contributed by atoms with Crippen molar-refractivity contribution in [2.45, 2.75) is 33.6 Å². The van der Waals surface area contributed by atoms with Crippen LogP contribution in [0.15, 0.2) is 24.4 Å². The van der Waals surface area contributed by atoms with Gasteiger partial charge in [-0.25, -0.2) is 9.37 Å². The lowest BCUT2D eigenvalue weighted by atomic mass is 9.94. The third-order valence-electron chi connectivity index (χ3n) is 3.27. The fourth-order valence-corrected chi connectivity index (χ4v) is 2.20. The Balaban J connectivity index is 2.53. The number of nitrogens with one attached hydrogen (secondary N) is 1. The molecule has 0 aliphatic rings. The van der Waals surface area contributed by atoms with E-state index >= 15 is 0 Å². The zero-order valence-electron chi connectivity index (χ0n) is 12.5. The van der Waals surface area contributed by atoms with Gasteiger partial charge in [-0.15, -0.1) is 0 Å². The van der Waals surface area contributed by atoms with Crippen molar-refractivity contribution in [2.75, 3.05) is 0 Å². The number of imidazole rings is 1. The molecule has 1 aromatic carbocycles. The van der Waals surface area contributed by atoms with Gasteiger partial charge in [0.05, 0.1) is 0 Å². The molecule has 0 bridgehead atoms. The molecule has 2 rings (SSSR count). The van der Waals surface area contributed by atoms with Crippen LogP contribution in [0.4, 0.5) is 4.39 Å². The zero-order chi connectivity index (χ0) is 15.4. The summed E-state index contributed by atoms with van der Waals surface area (Å²) in [4.78, 5) is 19.7. The van der Waals surface area contributed by atoms with Gasteiger partial charge < -0.3 is 4.98 Å². The Morgan fingerprint density at radius 3 is 2.76 bits per heavy atom. The number of aryl methyl sites for hydroxylation is 2. The molecule has 0 saturated heterocycles. The average molecular weight is 286 g/mol. The van der Waals surface area contributed by atoms with Crippen LogP contribution in [0, 0.1) is 19.7 Å². The third-order valence-corrected chi connectivity index (χ3v) is 3.27. The van der Waals surface area contributed by atoms with Crippen molar-refractivity contribution in [3.8, 4) is 0 Å². The van der Waals surface area contributed by atoms with Crippen molar-refractivity contribution in [3.63, 3.8) is 0 Å². The quantitative estimate of drug-likeness (QED) is 0.842. The minimum atomic E-state index is -0.346. The minimum absolute atomic E-state index is 0.000234. The number of carbonyl (C=O) groups is 1. The first-order valence-electron chi connectivity index (χ1n) is 7.04. The number of aromatic nitrogens is 2. The maximum absolute atomic E-state index is 13.5. The molecule has 1 N–H and O–H groups in total. The average Bonchev–Trinajstić information content (AvgIpc) is 2.85. The number of carbonyl (C=O) groups excluding carboxylic acids is 1. The van der Waals surface area contributed by atoms with Crippen LogP contribution in [-0.2, 0) is 4.79 Å². The Labute approximate surface area is 123 Å². The number of nitrogens with zero attached hydrogens (tertiary/aromatic N) is 1. The van der Waals surface area contributed by atoms with E-state index in [-0.39, 0.29) is 11.6 Å². The van der Waals surface area contributed by atoms with Gasteiger partial charge >= 0.3 is 0 Å². The van der Waals surface area contributed by atoms with Crippen molar-refractivity contribution < 1.29 is 9.18 Å². The summed E-state index contributed by atoms with van der Waals surface area (Å²) in [6, 6.07) is 4.49. The van der Waals surface area contributed by atoms with Crippen LogP contribution in [0.2, 0.25) is 0 Å². The van der Waals surface area contributed by atoms with Crippen LogP contribution in [-0.4, -0.2) is 15.8 Å². The predicted molar refractivity (Wildman–Crippen MR) is 82.2 cm³/mol. The number of aromatic amines is 1. The molecule has 4 heteroatoms. The van der Waals surface area contributed by atoms with Gasteiger partial charge in [-0.3, -0.25) is 4.79 Å². The number of benzene rings is 1. The number of hydrogen-bond acceptors (Lipinski definition) is 2. The monoisotopic (exact) mass is 286 g/mol. The number of Topliss-reactive ketones (excluding diaryl/α,β-unsaturated/α-hetero) is 1. The normalized spacial score (nSPS) is 11.7. The second-order valence-electron chi connectivity index (χ2n) is 5.14. The maximum Gasteiger partial charge on any atom is 0.163 e. The molecule has 21 heavy (non-hydrogen) atoms. The van der Waals surface area contributed by atoms with Gasteiger partial charge in [-0.05, 0) is 49.6 Å². The molecular weight excluding hydrogens is 267 g/mol. The first kappa shape index (κ1) is 15.2. The Bertz CT molecular complexity index is 686. The molecule has 1 aromatic heterocycles. The number of ketones is 1. The summed E-state index contributed by atoms with van der Waals surface area (Å²) in [5, 5.41) is 0. The highest BCUT2D eigenvalue weighted by Gasteiger charge is 2.15. The zero-order valence-corrected chi connectivity index (χ0v) is 12.5. The van der Waals surface area contributed by atoms with E-state index < -0.39 is 0 Å². The molecular formula is C17H19FN2O. The number of halogens is 1. The molecule has 0 unspecified atom stereocenters. The fraction of sp³-hybridized carbons (Fsp3) is 0.294. The van der Waals surface area contributed by atoms with E-state index in [1.165, 1.54) is 12.1 Å². The van der Waals surface area contributed by atoms with Crippen LogP contribution in [0.1, 0.15) is 42.4 Å². The number of rotatable bonds is 5. The number of allylic oxidation sites excluding steroid dienone is 1. The number of hydrogen-bond donors (Lipinski definition) is 1. The van der Waals surface area contributed by atoms with Crippen LogP contribution in [0.5, 0.6) is 0 Å². The molecule has 1 heterocycles. The molecule has 0 spiro atoms. The molecule has 0 aliphatic heterocycles. The smallest absolute Gasteiger partial charge is 0.163 e. The Morgan fingerprint density at radius 1 is 1.38 bits per heavy atom. The van der Waals surface area contributed by atoms with Gasteiger partial charge in [-0.1, -0.05) is 13.0 Å². The first-order valence-corrected chi connectivity index (χ1v) is 7.04. The van der Waals surface area contributed by atoms with Crippen LogP contribution < -0.4 is 0 Å². The lowest BCUT2D eigenvalue weighted by Crippen LogP contribution is -2.04. The second kappa shape index (κ2) is 6.48. The van der Waals surface area contributed by atoms with Crippen molar-refractivity contribution in [1.82, 2.24) is 9.97 Å². The van der Waals surface area contributed by atoms with Crippen molar-refractivity contribution in [1.29, 1.82) is 0 Å². The lowest BCUT2D eigenvalue weighted by molar-refractivity contribution is -0.113. The van der Waals surface area contributed by atoms with E-state index in [4.69, 9.17) is 0 Å².